The summed E-state index contributed by atoms with van der Waals surface area (Å²) in [6.45, 7) is 0.622. The Morgan fingerprint density at radius 2 is 1.19 bits per heavy atom. The van der Waals surface area contributed by atoms with Crippen molar-refractivity contribution in [3.8, 4) is 0 Å². The van der Waals surface area contributed by atoms with Crippen molar-refractivity contribution >= 4 is 17.7 Å². The molecule has 0 atom stereocenters. The molecule has 190 valence electrons. The molecule has 6 nitrogen and oxygen atoms in total. The van der Waals surface area contributed by atoms with Crippen molar-refractivity contribution in [1.29, 1.82) is 0 Å². The topological polar surface area (TPSA) is 81.7 Å². The molecule has 0 aromatic heterocycles. The molecule has 3 aromatic rings. The summed E-state index contributed by atoms with van der Waals surface area (Å²) in [5, 5.41) is 3.37. The molecular weight excluding hydrogens is 466 g/mol. The summed E-state index contributed by atoms with van der Waals surface area (Å²) in [5.41, 5.74) is 3.95. The highest BCUT2D eigenvalue weighted by Crippen LogP contribution is 2.28. The Morgan fingerprint density at radius 3 is 1.70 bits per heavy atom. The van der Waals surface area contributed by atoms with Crippen LogP contribution in [0.4, 0.5) is 0 Å². The molecule has 0 aliphatic heterocycles. The summed E-state index contributed by atoms with van der Waals surface area (Å²) in [7, 11) is 0. The highest BCUT2D eigenvalue weighted by molar-refractivity contribution is 6.01. The van der Waals surface area contributed by atoms with Crippen LogP contribution in [0.2, 0.25) is 0 Å². The minimum absolute atomic E-state index is 0.0360. The fraction of sp³-hybridized carbons (Fsp3) is 0.258. The van der Waals surface area contributed by atoms with Crippen molar-refractivity contribution in [3.63, 3.8) is 0 Å². The molecule has 6 heteroatoms. The molecular formula is C31H31NO5. The fourth-order valence-corrected chi connectivity index (χ4v) is 4.26. The van der Waals surface area contributed by atoms with Crippen molar-refractivity contribution in [2.45, 2.75) is 45.4 Å². The van der Waals surface area contributed by atoms with Gasteiger partial charge in [0.1, 0.15) is 13.2 Å². The standard InChI is InChI=1S/C31H31NO5/c33-29-18-10-17-28(32-20-23-11-4-1-5-12-23)26(29)19-27(30(34)36-21-24-13-6-2-7-14-24)31(35)37-22-25-15-8-3-9-16-25/h1-9,11-16,27,32H,10,17-22H2. The first kappa shape index (κ1) is 25.9. The number of allylic oxidation sites excluding steroid dienone is 2. The Balaban J connectivity index is 1.51. The van der Waals surface area contributed by atoms with Crippen LogP contribution in [0.5, 0.6) is 0 Å². The third-order valence-corrected chi connectivity index (χ3v) is 6.31. The molecule has 0 unspecified atom stereocenters. The van der Waals surface area contributed by atoms with E-state index in [1.165, 1.54) is 0 Å². The van der Waals surface area contributed by atoms with E-state index in [1.54, 1.807) is 0 Å². The number of esters is 2. The average molecular weight is 498 g/mol. The quantitative estimate of drug-likeness (QED) is 0.287. The van der Waals surface area contributed by atoms with Crippen molar-refractivity contribution < 1.29 is 23.9 Å². The lowest BCUT2D eigenvalue weighted by Crippen LogP contribution is -2.31. The van der Waals surface area contributed by atoms with Crippen LogP contribution >= 0.6 is 0 Å². The third-order valence-electron chi connectivity index (χ3n) is 6.31. The summed E-state index contributed by atoms with van der Waals surface area (Å²) in [4.78, 5) is 39.3. The van der Waals surface area contributed by atoms with E-state index >= 15 is 0 Å². The molecule has 3 aromatic carbocycles. The summed E-state index contributed by atoms with van der Waals surface area (Å²) in [6.07, 6.45) is 1.73. The second-order valence-corrected chi connectivity index (χ2v) is 9.02. The summed E-state index contributed by atoms with van der Waals surface area (Å²) >= 11 is 0. The van der Waals surface area contributed by atoms with Crippen LogP contribution < -0.4 is 5.32 Å². The van der Waals surface area contributed by atoms with Gasteiger partial charge in [-0.1, -0.05) is 91.0 Å². The molecule has 37 heavy (non-hydrogen) atoms. The van der Waals surface area contributed by atoms with Gasteiger partial charge in [-0.15, -0.1) is 0 Å². The number of carbonyl (C=O) groups excluding carboxylic acids is 3. The molecule has 0 saturated carbocycles. The van der Waals surface area contributed by atoms with E-state index in [0.717, 1.165) is 28.8 Å². The lowest BCUT2D eigenvalue weighted by Gasteiger charge is -2.23. The summed E-state index contributed by atoms with van der Waals surface area (Å²) in [5.74, 6) is -2.69. The van der Waals surface area contributed by atoms with Crippen molar-refractivity contribution in [2.24, 2.45) is 5.92 Å². The van der Waals surface area contributed by atoms with Gasteiger partial charge in [-0.25, -0.2) is 0 Å². The number of hydrogen-bond acceptors (Lipinski definition) is 6. The largest absolute Gasteiger partial charge is 0.460 e. The Bertz CT molecular complexity index is 1170. The van der Waals surface area contributed by atoms with Crippen LogP contribution in [0.1, 0.15) is 42.4 Å². The van der Waals surface area contributed by atoms with Crippen LogP contribution in [0, 0.1) is 5.92 Å². The molecule has 4 rings (SSSR count). The molecule has 0 fully saturated rings. The van der Waals surface area contributed by atoms with Gasteiger partial charge in [0.15, 0.2) is 11.7 Å². The monoisotopic (exact) mass is 497 g/mol. The summed E-state index contributed by atoms with van der Waals surface area (Å²) in [6, 6.07) is 28.4. The average Bonchev–Trinajstić information content (AvgIpc) is 2.94. The van der Waals surface area contributed by atoms with Gasteiger partial charge < -0.3 is 14.8 Å². The number of carbonyl (C=O) groups is 3. The molecule has 0 bridgehead atoms. The van der Waals surface area contributed by atoms with Crippen molar-refractivity contribution in [2.75, 3.05) is 0 Å². The summed E-state index contributed by atoms with van der Waals surface area (Å²) < 4.78 is 11.0. The first-order chi connectivity index (χ1) is 18.1. The number of hydrogen-bond donors (Lipinski definition) is 1. The van der Waals surface area contributed by atoms with Gasteiger partial charge in [-0.05, 0) is 29.5 Å². The van der Waals surface area contributed by atoms with Crippen LogP contribution in [0.3, 0.4) is 0 Å². The number of benzene rings is 3. The number of ether oxygens (including phenoxy) is 2. The van der Waals surface area contributed by atoms with E-state index in [-0.39, 0.29) is 25.4 Å². The van der Waals surface area contributed by atoms with Crippen molar-refractivity contribution in [1.82, 2.24) is 5.32 Å². The highest BCUT2D eigenvalue weighted by Gasteiger charge is 2.34. The zero-order valence-corrected chi connectivity index (χ0v) is 20.7. The zero-order chi connectivity index (χ0) is 25.9. The van der Waals surface area contributed by atoms with E-state index in [1.807, 2.05) is 91.0 Å². The second kappa shape index (κ2) is 13.2. The number of ketones is 1. The molecule has 0 radical (unpaired) electrons. The Morgan fingerprint density at radius 1 is 0.703 bits per heavy atom. The maximum absolute atomic E-state index is 13.2. The highest BCUT2D eigenvalue weighted by atomic mass is 16.6. The Labute approximate surface area is 217 Å². The Hall–Kier alpha value is -4.19. The predicted octanol–water partition coefficient (Wildman–Crippen LogP) is 5.28. The van der Waals surface area contributed by atoms with Gasteiger partial charge >= 0.3 is 11.9 Å². The van der Waals surface area contributed by atoms with E-state index in [9.17, 15) is 14.4 Å². The molecule has 0 spiro atoms. The third kappa shape index (κ3) is 7.64. The SMILES string of the molecule is O=C1CCCC(NCc2ccccc2)=C1CC(C(=O)OCc1ccccc1)C(=O)OCc1ccccc1. The van der Waals surface area contributed by atoms with Crippen molar-refractivity contribution in [3.05, 3.63) is 119 Å². The number of rotatable bonds is 11. The maximum Gasteiger partial charge on any atom is 0.321 e. The molecule has 0 saturated heterocycles. The maximum atomic E-state index is 13.2. The van der Waals surface area contributed by atoms with E-state index in [0.29, 0.717) is 25.0 Å². The van der Waals surface area contributed by atoms with E-state index < -0.39 is 17.9 Å². The lowest BCUT2D eigenvalue weighted by atomic mass is 9.87. The van der Waals surface area contributed by atoms with Gasteiger partial charge in [0.05, 0.1) is 0 Å². The van der Waals surface area contributed by atoms with E-state index in [4.69, 9.17) is 9.47 Å². The normalized spacial score (nSPS) is 13.4. The number of nitrogens with one attached hydrogen (secondary N) is 1. The van der Waals surface area contributed by atoms with Crippen LogP contribution in [-0.2, 0) is 43.6 Å². The van der Waals surface area contributed by atoms with Crippen LogP contribution in [0.25, 0.3) is 0 Å². The van der Waals surface area contributed by atoms with Crippen LogP contribution in [-0.4, -0.2) is 17.7 Å². The molecule has 0 amide bonds. The number of Topliss-reactive ketones (excluding diaryl/α,β-unsaturated/α-hetero) is 1. The minimum atomic E-state index is -1.24. The van der Waals surface area contributed by atoms with Gasteiger partial charge in [0, 0.05) is 30.7 Å². The molecule has 1 aliphatic carbocycles. The first-order valence-electron chi connectivity index (χ1n) is 12.5. The predicted molar refractivity (Wildman–Crippen MR) is 140 cm³/mol. The first-order valence-corrected chi connectivity index (χ1v) is 12.5. The van der Waals surface area contributed by atoms with Gasteiger partial charge in [0.2, 0.25) is 0 Å². The fourth-order valence-electron chi connectivity index (χ4n) is 4.26. The smallest absolute Gasteiger partial charge is 0.321 e. The molecule has 1 aliphatic rings. The lowest BCUT2D eigenvalue weighted by molar-refractivity contribution is -0.163. The van der Waals surface area contributed by atoms with Gasteiger partial charge in [-0.3, -0.25) is 14.4 Å². The zero-order valence-electron chi connectivity index (χ0n) is 20.7. The molecule has 1 N–H and O–H groups in total. The molecule has 0 heterocycles. The van der Waals surface area contributed by atoms with Gasteiger partial charge in [-0.2, -0.15) is 0 Å². The minimum Gasteiger partial charge on any atom is -0.460 e. The van der Waals surface area contributed by atoms with Crippen LogP contribution in [0.15, 0.2) is 102 Å². The Kier molecular flexibility index (Phi) is 9.24. The second-order valence-electron chi connectivity index (χ2n) is 9.02. The van der Waals surface area contributed by atoms with Gasteiger partial charge in [0.25, 0.3) is 0 Å². The van der Waals surface area contributed by atoms with E-state index in [2.05, 4.69) is 5.32 Å².